The van der Waals surface area contributed by atoms with E-state index in [1.54, 1.807) is 36.4 Å². The van der Waals surface area contributed by atoms with Gasteiger partial charge in [-0.05, 0) is 48.4 Å². The van der Waals surface area contributed by atoms with E-state index >= 15 is 0 Å². The third-order valence-electron chi connectivity index (χ3n) is 2.58. The highest BCUT2D eigenvalue weighted by Gasteiger charge is 2.05. The van der Waals surface area contributed by atoms with Crippen molar-refractivity contribution in [2.45, 2.75) is 12.8 Å². The molecule has 0 saturated carbocycles. The van der Waals surface area contributed by atoms with Crippen LogP contribution in [0.15, 0.2) is 48.5 Å². The molecule has 0 unspecified atom stereocenters. The molecule has 2 aromatic carbocycles. The molecule has 0 fully saturated rings. The first-order valence-corrected chi connectivity index (χ1v) is 6.60. The van der Waals surface area contributed by atoms with Crippen molar-refractivity contribution in [3.63, 3.8) is 0 Å². The maximum atomic E-state index is 11.7. The van der Waals surface area contributed by atoms with Crippen molar-refractivity contribution < 1.29 is 9.53 Å². The van der Waals surface area contributed by atoms with E-state index in [9.17, 15) is 4.79 Å². The summed E-state index contributed by atoms with van der Waals surface area (Å²) >= 11 is 11.5. The van der Waals surface area contributed by atoms with Crippen LogP contribution in [-0.2, 0) is 11.2 Å². The minimum Gasteiger partial charge on any atom is -0.427 e. The number of benzene rings is 2. The monoisotopic (exact) mass is 294 g/mol. The Morgan fingerprint density at radius 3 is 2.00 bits per heavy atom. The van der Waals surface area contributed by atoms with Crippen LogP contribution in [0.5, 0.6) is 5.75 Å². The molecule has 0 aliphatic rings. The number of halogens is 2. The molecule has 2 aromatic rings. The van der Waals surface area contributed by atoms with Crippen LogP contribution in [0.3, 0.4) is 0 Å². The number of rotatable bonds is 4. The molecular weight excluding hydrogens is 283 g/mol. The highest BCUT2D eigenvalue weighted by atomic mass is 35.5. The Morgan fingerprint density at radius 2 is 1.42 bits per heavy atom. The van der Waals surface area contributed by atoms with E-state index in [2.05, 4.69) is 0 Å². The van der Waals surface area contributed by atoms with Gasteiger partial charge in [0.15, 0.2) is 0 Å². The Labute approximate surface area is 121 Å². The number of aryl methyl sites for hydroxylation is 1. The quantitative estimate of drug-likeness (QED) is 0.612. The minimum atomic E-state index is -0.266. The third-order valence-corrected chi connectivity index (χ3v) is 3.08. The lowest BCUT2D eigenvalue weighted by Gasteiger charge is -2.04. The Morgan fingerprint density at radius 1 is 0.895 bits per heavy atom. The summed E-state index contributed by atoms with van der Waals surface area (Å²) in [6, 6.07) is 14.1. The average molecular weight is 295 g/mol. The molecule has 19 heavy (non-hydrogen) atoms. The number of ether oxygens (including phenoxy) is 1. The van der Waals surface area contributed by atoms with Crippen molar-refractivity contribution >= 4 is 29.2 Å². The second kappa shape index (κ2) is 6.60. The lowest BCUT2D eigenvalue weighted by atomic mass is 10.1. The van der Waals surface area contributed by atoms with Crippen LogP contribution < -0.4 is 4.74 Å². The van der Waals surface area contributed by atoms with E-state index in [4.69, 9.17) is 27.9 Å². The molecule has 0 heterocycles. The van der Waals surface area contributed by atoms with Crippen LogP contribution in [0, 0.1) is 0 Å². The normalized spacial score (nSPS) is 10.2. The van der Waals surface area contributed by atoms with E-state index in [0.29, 0.717) is 28.6 Å². The van der Waals surface area contributed by atoms with Gasteiger partial charge >= 0.3 is 5.97 Å². The first-order chi connectivity index (χ1) is 9.13. The Balaban J connectivity index is 1.84. The van der Waals surface area contributed by atoms with Crippen LogP contribution in [0.2, 0.25) is 10.0 Å². The molecule has 0 spiro atoms. The van der Waals surface area contributed by atoms with Gasteiger partial charge in [0.05, 0.1) is 0 Å². The molecule has 0 radical (unpaired) electrons. The fourth-order valence-electron chi connectivity index (χ4n) is 1.58. The lowest BCUT2D eigenvalue weighted by molar-refractivity contribution is -0.134. The summed E-state index contributed by atoms with van der Waals surface area (Å²) in [7, 11) is 0. The van der Waals surface area contributed by atoms with Crippen LogP contribution in [0.4, 0.5) is 0 Å². The van der Waals surface area contributed by atoms with Gasteiger partial charge < -0.3 is 4.74 Å². The van der Waals surface area contributed by atoms with E-state index in [1.807, 2.05) is 12.1 Å². The zero-order chi connectivity index (χ0) is 13.7. The largest absolute Gasteiger partial charge is 0.427 e. The third kappa shape index (κ3) is 4.58. The Hall–Kier alpha value is -1.51. The number of carbonyl (C=O) groups is 1. The van der Waals surface area contributed by atoms with E-state index in [1.165, 1.54) is 0 Å². The van der Waals surface area contributed by atoms with Crippen LogP contribution in [0.25, 0.3) is 0 Å². The molecule has 0 amide bonds. The molecule has 2 rings (SSSR count). The van der Waals surface area contributed by atoms with Gasteiger partial charge in [0.2, 0.25) is 0 Å². The molecule has 0 aromatic heterocycles. The second-order valence-electron chi connectivity index (χ2n) is 4.05. The van der Waals surface area contributed by atoms with Gasteiger partial charge in [-0.3, -0.25) is 4.79 Å². The van der Waals surface area contributed by atoms with Crippen molar-refractivity contribution in [2.24, 2.45) is 0 Å². The van der Waals surface area contributed by atoms with Gasteiger partial charge in [0.25, 0.3) is 0 Å². The summed E-state index contributed by atoms with van der Waals surface area (Å²) in [4.78, 5) is 11.7. The molecule has 0 saturated heterocycles. The topological polar surface area (TPSA) is 26.3 Å². The van der Waals surface area contributed by atoms with Crippen molar-refractivity contribution in [2.75, 3.05) is 0 Å². The number of hydrogen-bond acceptors (Lipinski definition) is 2. The molecule has 0 bridgehead atoms. The molecule has 2 nitrogen and oxygen atoms in total. The van der Waals surface area contributed by atoms with E-state index < -0.39 is 0 Å². The lowest BCUT2D eigenvalue weighted by Crippen LogP contribution is -2.08. The summed E-state index contributed by atoms with van der Waals surface area (Å²) in [5.41, 5.74) is 1.05. The van der Waals surface area contributed by atoms with Gasteiger partial charge in [-0.2, -0.15) is 0 Å². The molecular formula is C15H12Cl2O2. The zero-order valence-corrected chi connectivity index (χ0v) is 11.6. The maximum absolute atomic E-state index is 11.7. The summed E-state index contributed by atoms with van der Waals surface area (Å²) in [5.74, 6) is 0.239. The smallest absolute Gasteiger partial charge is 0.311 e. The van der Waals surface area contributed by atoms with Gasteiger partial charge in [-0.1, -0.05) is 35.3 Å². The van der Waals surface area contributed by atoms with Gasteiger partial charge in [-0.25, -0.2) is 0 Å². The summed E-state index contributed by atoms with van der Waals surface area (Å²) < 4.78 is 5.19. The molecule has 0 aliphatic carbocycles. The predicted molar refractivity (Wildman–Crippen MR) is 76.9 cm³/mol. The SMILES string of the molecule is O=C(CCc1ccc(Cl)cc1)Oc1ccc(Cl)cc1. The van der Waals surface area contributed by atoms with Crippen molar-refractivity contribution in [3.05, 3.63) is 64.1 Å². The maximum Gasteiger partial charge on any atom is 0.311 e. The minimum absolute atomic E-state index is 0.266. The summed E-state index contributed by atoms with van der Waals surface area (Å²) in [6.07, 6.45) is 0.952. The standard InChI is InChI=1S/C15H12Cl2O2/c16-12-4-1-11(2-5-12)3-10-15(18)19-14-8-6-13(17)7-9-14/h1-2,4-9H,3,10H2. The van der Waals surface area contributed by atoms with Gasteiger partial charge in [0, 0.05) is 16.5 Å². The van der Waals surface area contributed by atoms with Gasteiger partial charge in [0.1, 0.15) is 5.75 Å². The number of hydrogen-bond donors (Lipinski definition) is 0. The van der Waals surface area contributed by atoms with Crippen LogP contribution in [-0.4, -0.2) is 5.97 Å². The van der Waals surface area contributed by atoms with E-state index in [-0.39, 0.29) is 5.97 Å². The summed E-state index contributed by atoms with van der Waals surface area (Å²) in [5, 5.41) is 1.30. The van der Waals surface area contributed by atoms with Crippen molar-refractivity contribution in [1.82, 2.24) is 0 Å². The molecule has 4 heteroatoms. The van der Waals surface area contributed by atoms with Crippen LogP contribution >= 0.6 is 23.2 Å². The molecule has 0 aliphatic heterocycles. The van der Waals surface area contributed by atoms with E-state index in [0.717, 1.165) is 5.56 Å². The molecule has 0 atom stereocenters. The van der Waals surface area contributed by atoms with Gasteiger partial charge in [-0.15, -0.1) is 0 Å². The number of esters is 1. The number of carbonyl (C=O) groups excluding carboxylic acids is 1. The predicted octanol–water partition coefficient (Wildman–Crippen LogP) is 4.53. The average Bonchev–Trinajstić information content (AvgIpc) is 2.41. The first kappa shape index (κ1) is 13.9. The fourth-order valence-corrected chi connectivity index (χ4v) is 1.83. The molecule has 98 valence electrons. The Kier molecular flexibility index (Phi) is 4.83. The molecule has 0 N–H and O–H groups in total. The highest BCUT2D eigenvalue weighted by Crippen LogP contribution is 2.16. The van der Waals surface area contributed by atoms with Crippen molar-refractivity contribution in [3.8, 4) is 5.75 Å². The van der Waals surface area contributed by atoms with Crippen LogP contribution in [0.1, 0.15) is 12.0 Å². The summed E-state index contributed by atoms with van der Waals surface area (Å²) in [6.45, 7) is 0. The zero-order valence-electron chi connectivity index (χ0n) is 10.1. The fraction of sp³-hybridized carbons (Fsp3) is 0.133. The highest BCUT2D eigenvalue weighted by molar-refractivity contribution is 6.30. The Bertz CT molecular complexity index is 547. The first-order valence-electron chi connectivity index (χ1n) is 5.84. The second-order valence-corrected chi connectivity index (χ2v) is 4.93. The van der Waals surface area contributed by atoms with Crippen molar-refractivity contribution in [1.29, 1.82) is 0 Å².